The van der Waals surface area contributed by atoms with Gasteiger partial charge >= 0.3 is 0 Å². The van der Waals surface area contributed by atoms with Crippen molar-refractivity contribution >= 4 is 5.78 Å². The van der Waals surface area contributed by atoms with Gasteiger partial charge in [0.25, 0.3) is 0 Å². The molecule has 0 spiro atoms. The average molecular weight is 154 g/mol. The van der Waals surface area contributed by atoms with Crippen LogP contribution in [0.5, 0.6) is 0 Å². The number of allylic oxidation sites excluding steroid dienone is 2. The molecule has 11 heavy (non-hydrogen) atoms. The van der Waals surface area contributed by atoms with Crippen LogP contribution in [0.4, 0.5) is 0 Å². The van der Waals surface area contributed by atoms with Crippen LogP contribution in [0, 0.1) is 5.92 Å². The first-order chi connectivity index (χ1) is 5.34. The number of carbonyl (C=O) groups excluding carboxylic acids is 1. The zero-order chi connectivity index (χ0) is 8.10. The fourth-order valence-electron chi connectivity index (χ4n) is 1.35. The van der Waals surface area contributed by atoms with Gasteiger partial charge in [-0.05, 0) is 19.3 Å². The van der Waals surface area contributed by atoms with Crippen molar-refractivity contribution in [3.05, 3.63) is 12.2 Å². The molecule has 2 nitrogen and oxygen atoms in total. The second kappa shape index (κ2) is 4.29. The van der Waals surface area contributed by atoms with Crippen molar-refractivity contribution < 1.29 is 9.53 Å². The van der Waals surface area contributed by atoms with Gasteiger partial charge in [-0.3, -0.25) is 4.79 Å². The van der Waals surface area contributed by atoms with Gasteiger partial charge in [-0.15, -0.1) is 0 Å². The first-order valence-electron chi connectivity index (χ1n) is 4.01. The summed E-state index contributed by atoms with van der Waals surface area (Å²) in [5, 5.41) is 0. The lowest BCUT2D eigenvalue weighted by molar-refractivity contribution is -0.126. The quantitative estimate of drug-likeness (QED) is 0.576. The molecule has 0 saturated heterocycles. The van der Waals surface area contributed by atoms with Gasteiger partial charge in [0.2, 0.25) is 0 Å². The molecule has 1 rings (SSSR count). The molecule has 0 fully saturated rings. The molecule has 0 aromatic heterocycles. The Morgan fingerprint density at radius 2 is 2.45 bits per heavy atom. The summed E-state index contributed by atoms with van der Waals surface area (Å²) in [6.45, 7) is 0.276. The molecule has 0 aromatic rings. The van der Waals surface area contributed by atoms with Gasteiger partial charge in [0.05, 0.1) is 0 Å². The molecular formula is C9H14O2. The molecule has 0 N–H and O–H groups in total. The fourth-order valence-corrected chi connectivity index (χ4v) is 1.35. The third-order valence-corrected chi connectivity index (χ3v) is 2.01. The highest BCUT2D eigenvalue weighted by Crippen LogP contribution is 2.18. The largest absolute Gasteiger partial charge is 0.377 e. The fraction of sp³-hybridized carbons (Fsp3) is 0.667. The summed E-state index contributed by atoms with van der Waals surface area (Å²) in [5.74, 6) is 0.469. The van der Waals surface area contributed by atoms with Crippen molar-refractivity contribution in [1.29, 1.82) is 0 Å². The van der Waals surface area contributed by atoms with Crippen LogP contribution in [0.2, 0.25) is 0 Å². The molecule has 0 aliphatic heterocycles. The number of carbonyl (C=O) groups is 1. The van der Waals surface area contributed by atoms with Crippen LogP contribution in [-0.4, -0.2) is 19.5 Å². The van der Waals surface area contributed by atoms with Crippen LogP contribution in [0.15, 0.2) is 12.2 Å². The molecule has 0 radical (unpaired) electrons. The molecule has 1 atom stereocenters. The standard InChI is InChI=1S/C9H14O2/c1-11-7-9(10)8-5-3-2-4-6-8/h2-3,8H,4-7H2,1H3. The topological polar surface area (TPSA) is 26.3 Å². The number of ether oxygens (including phenoxy) is 1. The number of hydrogen-bond acceptors (Lipinski definition) is 2. The molecule has 0 aromatic carbocycles. The molecule has 0 bridgehead atoms. The third-order valence-electron chi connectivity index (χ3n) is 2.01. The molecule has 0 saturated carbocycles. The predicted molar refractivity (Wildman–Crippen MR) is 43.4 cm³/mol. The SMILES string of the molecule is COCC(=O)C1CC=CCC1. The maximum Gasteiger partial charge on any atom is 0.161 e. The predicted octanol–water partition coefficient (Wildman–Crippen LogP) is 1.56. The van der Waals surface area contributed by atoms with Crippen LogP contribution in [0.1, 0.15) is 19.3 Å². The lowest BCUT2D eigenvalue weighted by Crippen LogP contribution is -2.19. The van der Waals surface area contributed by atoms with E-state index in [2.05, 4.69) is 12.2 Å². The van der Waals surface area contributed by atoms with Crippen molar-refractivity contribution in [2.75, 3.05) is 13.7 Å². The highest BCUT2D eigenvalue weighted by atomic mass is 16.5. The molecule has 1 aliphatic rings. The number of methoxy groups -OCH3 is 1. The maximum atomic E-state index is 11.2. The molecule has 2 heteroatoms. The zero-order valence-corrected chi connectivity index (χ0v) is 6.88. The van der Waals surface area contributed by atoms with E-state index in [-0.39, 0.29) is 18.3 Å². The van der Waals surface area contributed by atoms with E-state index < -0.39 is 0 Å². The number of rotatable bonds is 3. The molecule has 1 unspecified atom stereocenters. The molecule has 1 aliphatic carbocycles. The van der Waals surface area contributed by atoms with Crippen LogP contribution in [-0.2, 0) is 9.53 Å². The smallest absolute Gasteiger partial charge is 0.161 e. The number of hydrogen-bond donors (Lipinski definition) is 0. The highest BCUT2D eigenvalue weighted by Gasteiger charge is 2.17. The second-order valence-electron chi connectivity index (χ2n) is 2.88. The van der Waals surface area contributed by atoms with Gasteiger partial charge in [0.15, 0.2) is 5.78 Å². The summed E-state index contributed by atoms with van der Waals surface area (Å²) >= 11 is 0. The van der Waals surface area contributed by atoms with Crippen molar-refractivity contribution in [3.8, 4) is 0 Å². The van der Waals surface area contributed by atoms with E-state index in [1.165, 1.54) is 0 Å². The Morgan fingerprint density at radius 3 is 3.00 bits per heavy atom. The van der Waals surface area contributed by atoms with Crippen LogP contribution in [0.25, 0.3) is 0 Å². The molecule has 0 amide bonds. The first-order valence-corrected chi connectivity index (χ1v) is 4.01. The normalized spacial score (nSPS) is 23.5. The minimum atomic E-state index is 0.222. The van der Waals surface area contributed by atoms with Gasteiger partial charge < -0.3 is 4.74 Å². The third kappa shape index (κ3) is 2.46. The van der Waals surface area contributed by atoms with Crippen LogP contribution in [0.3, 0.4) is 0 Å². The minimum Gasteiger partial charge on any atom is -0.377 e. The summed E-state index contributed by atoms with van der Waals surface area (Å²) in [5.41, 5.74) is 0. The highest BCUT2D eigenvalue weighted by molar-refractivity contribution is 5.82. The summed E-state index contributed by atoms with van der Waals surface area (Å²) in [6, 6.07) is 0. The summed E-state index contributed by atoms with van der Waals surface area (Å²) in [7, 11) is 1.57. The Hall–Kier alpha value is -0.630. The van der Waals surface area contributed by atoms with Gasteiger partial charge in [-0.1, -0.05) is 12.2 Å². The van der Waals surface area contributed by atoms with Crippen LogP contribution >= 0.6 is 0 Å². The maximum absolute atomic E-state index is 11.2. The zero-order valence-electron chi connectivity index (χ0n) is 6.88. The Bertz CT molecular complexity index is 161. The van der Waals surface area contributed by atoms with E-state index in [1.807, 2.05) is 0 Å². The van der Waals surface area contributed by atoms with E-state index >= 15 is 0 Å². The van der Waals surface area contributed by atoms with E-state index in [9.17, 15) is 4.79 Å². The van der Waals surface area contributed by atoms with Crippen LogP contribution < -0.4 is 0 Å². The molecule has 0 heterocycles. The Kier molecular flexibility index (Phi) is 3.30. The van der Waals surface area contributed by atoms with Crippen molar-refractivity contribution in [2.24, 2.45) is 5.92 Å². The first kappa shape index (κ1) is 8.47. The number of ketones is 1. The summed E-state index contributed by atoms with van der Waals surface area (Å²) < 4.78 is 4.78. The van der Waals surface area contributed by atoms with Crippen molar-refractivity contribution in [1.82, 2.24) is 0 Å². The monoisotopic (exact) mass is 154 g/mol. The summed E-state index contributed by atoms with van der Waals surface area (Å²) in [4.78, 5) is 11.2. The van der Waals surface area contributed by atoms with E-state index in [4.69, 9.17) is 4.74 Å². The van der Waals surface area contributed by atoms with Gasteiger partial charge in [-0.25, -0.2) is 0 Å². The molecular weight excluding hydrogens is 140 g/mol. The Balaban J connectivity index is 2.34. The average Bonchev–Trinajstić information content (AvgIpc) is 2.07. The number of Topliss-reactive ketones (excluding diaryl/α,β-unsaturated/α-hetero) is 1. The lowest BCUT2D eigenvalue weighted by atomic mass is 9.91. The Morgan fingerprint density at radius 1 is 1.64 bits per heavy atom. The minimum absolute atomic E-state index is 0.222. The van der Waals surface area contributed by atoms with E-state index in [0.29, 0.717) is 0 Å². The molecule has 62 valence electrons. The second-order valence-corrected chi connectivity index (χ2v) is 2.88. The van der Waals surface area contributed by atoms with Gasteiger partial charge in [-0.2, -0.15) is 0 Å². The van der Waals surface area contributed by atoms with E-state index in [0.717, 1.165) is 19.3 Å². The van der Waals surface area contributed by atoms with Gasteiger partial charge in [0.1, 0.15) is 6.61 Å². The Labute approximate surface area is 67.2 Å². The lowest BCUT2D eigenvalue weighted by Gasteiger charge is -2.15. The van der Waals surface area contributed by atoms with Crippen molar-refractivity contribution in [3.63, 3.8) is 0 Å². The summed E-state index contributed by atoms with van der Waals surface area (Å²) in [6.07, 6.45) is 7.17. The van der Waals surface area contributed by atoms with Crippen molar-refractivity contribution in [2.45, 2.75) is 19.3 Å². The van der Waals surface area contributed by atoms with Gasteiger partial charge in [0, 0.05) is 13.0 Å². The van der Waals surface area contributed by atoms with E-state index in [1.54, 1.807) is 7.11 Å².